The number of carbonyl (C=O) groups excluding carboxylic acids is 1. The number of hydrogen-bond donors (Lipinski definition) is 1. The van der Waals surface area contributed by atoms with Crippen LogP contribution in [-0.4, -0.2) is 11.2 Å². The molecule has 2 aromatic carbocycles. The van der Waals surface area contributed by atoms with Crippen LogP contribution in [0.15, 0.2) is 57.9 Å². The third kappa shape index (κ3) is 4.62. The molecule has 0 heterocycles. The van der Waals surface area contributed by atoms with Crippen molar-refractivity contribution in [2.24, 2.45) is 0 Å². The topological polar surface area (TPSA) is 29.1 Å². The molecular weight excluding hydrogens is 358 g/mol. The summed E-state index contributed by atoms with van der Waals surface area (Å²) in [7, 11) is 0. The number of benzene rings is 2. The van der Waals surface area contributed by atoms with Crippen molar-refractivity contribution < 1.29 is 4.79 Å². The summed E-state index contributed by atoms with van der Waals surface area (Å²) in [4.78, 5) is 13.5. The van der Waals surface area contributed by atoms with Gasteiger partial charge in [0.15, 0.2) is 0 Å². The van der Waals surface area contributed by atoms with Gasteiger partial charge in [0.25, 0.3) is 0 Å². The van der Waals surface area contributed by atoms with Gasteiger partial charge in [-0.1, -0.05) is 54.0 Å². The van der Waals surface area contributed by atoms with Gasteiger partial charge in [0.05, 0.1) is 5.25 Å². The summed E-state index contributed by atoms with van der Waals surface area (Å²) in [5.74, 6) is 0.405. The Balaban J connectivity index is 2.06. The Morgan fingerprint density at radius 3 is 2.50 bits per heavy atom. The van der Waals surface area contributed by atoms with Crippen molar-refractivity contribution in [2.45, 2.75) is 36.8 Å². The Kier molecular flexibility index (Phi) is 6.09. The van der Waals surface area contributed by atoms with Gasteiger partial charge in [-0.2, -0.15) is 0 Å². The van der Waals surface area contributed by atoms with Gasteiger partial charge < -0.3 is 5.32 Å². The number of para-hydroxylation sites is 1. The third-order valence-electron chi connectivity index (χ3n) is 3.32. The number of anilines is 1. The second-order valence-corrected chi connectivity index (χ2v) is 7.78. The fraction of sp³-hybridized carbons (Fsp3) is 0.278. The Labute approximate surface area is 144 Å². The first-order valence-corrected chi connectivity index (χ1v) is 8.96. The van der Waals surface area contributed by atoms with Crippen LogP contribution in [0.2, 0.25) is 0 Å². The average Bonchev–Trinajstić information content (AvgIpc) is 2.47. The van der Waals surface area contributed by atoms with Gasteiger partial charge in [-0.25, -0.2) is 0 Å². The highest BCUT2D eigenvalue weighted by molar-refractivity contribution is 9.10. The predicted octanol–water partition coefficient (Wildman–Crippen LogP) is 5.69. The van der Waals surface area contributed by atoms with E-state index in [1.807, 2.05) is 49.4 Å². The lowest BCUT2D eigenvalue weighted by atomic mass is 10.0. The fourth-order valence-corrected chi connectivity index (χ4v) is 3.62. The number of carbonyl (C=O) groups is 1. The smallest absolute Gasteiger partial charge is 0.237 e. The van der Waals surface area contributed by atoms with E-state index in [0.29, 0.717) is 5.92 Å². The first-order chi connectivity index (χ1) is 10.5. The monoisotopic (exact) mass is 377 g/mol. The van der Waals surface area contributed by atoms with Crippen molar-refractivity contribution in [1.29, 1.82) is 0 Å². The van der Waals surface area contributed by atoms with E-state index in [1.54, 1.807) is 11.8 Å². The number of nitrogens with one attached hydrogen (secondary N) is 1. The maximum atomic E-state index is 12.4. The summed E-state index contributed by atoms with van der Waals surface area (Å²) >= 11 is 5.01. The van der Waals surface area contributed by atoms with E-state index in [1.165, 1.54) is 0 Å². The summed E-state index contributed by atoms with van der Waals surface area (Å²) in [5.41, 5.74) is 2.07. The number of amides is 1. The zero-order chi connectivity index (χ0) is 16.1. The van der Waals surface area contributed by atoms with Crippen molar-refractivity contribution in [2.75, 3.05) is 5.32 Å². The van der Waals surface area contributed by atoms with E-state index >= 15 is 0 Å². The van der Waals surface area contributed by atoms with Crippen LogP contribution in [0.1, 0.15) is 32.3 Å². The molecule has 0 spiro atoms. The van der Waals surface area contributed by atoms with E-state index in [0.717, 1.165) is 20.6 Å². The van der Waals surface area contributed by atoms with Gasteiger partial charge in [-0.3, -0.25) is 4.79 Å². The van der Waals surface area contributed by atoms with Crippen molar-refractivity contribution in [1.82, 2.24) is 0 Å². The lowest BCUT2D eigenvalue weighted by Crippen LogP contribution is -2.23. The first-order valence-electron chi connectivity index (χ1n) is 7.29. The minimum Gasteiger partial charge on any atom is -0.325 e. The van der Waals surface area contributed by atoms with Crippen LogP contribution in [0.4, 0.5) is 5.69 Å². The molecule has 22 heavy (non-hydrogen) atoms. The SMILES string of the molecule is CC(Sc1cccc(Br)c1)C(=O)Nc1ccccc1C(C)C. The van der Waals surface area contributed by atoms with Crippen LogP contribution in [0.25, 0.3) is 0 Å². The number of rotatable bonds is 5. The standard InChI is InChI=1S/C18H20BrNOS/c1-12(2)16-9-4-5-10-17(16)20-18(21)13(3)22-15-8-6-7-14(19)11-15/h4-13H,1-3H3,(H,20,21). The molecule has 0 aliphatic heterocycles. The molecule has 4 heteroatoms. The van der Waals surface area contributed by atoms with Crippen LogP contribution >= 0.6 is 27.7 Å². The second-order valence-electron chi connectivity index (χ2n) is 5.45. The highest BCUT2D eigenvalue weighted by Gasteiger charge is 2.16. The van der Waals surface area contributed by atoms with Crippen LogP contribution in [-0.2, 0) is 4.79 Å². The molecule has 0 fully saturated rings. The molecule has 0 aromatic heterocycles. The third-order valence-corrected chi connectivity index (χ3v) is 4.91. The maximum absolute atomic E-state index is 12.4. The van der Waals surface area contributed by atoms with Crippen molar-refractivity contribution >= 4 is 39.3 Å². The molecular formula is C18H20BrNOS. The molecule has 1 unspecified atom stereocenters. The fourth-order valence-electron chi connectivity index (χ4n) is 2.15. The summed E-state index contributed by atoms with van der Waals surface area (Å²) in [6, 6.07) is 16.0. The lowest BCUT2D eigenvalue weighted by Gasteiger charge is -2.16. The van der Waals surface area contributed by atoms with E-state index in [-0.39, 0.29) is 11.2 Å². The van der Waals surface area contributed by atoms with Gasteiger partial charge in [0.1, 0.15) is 0 Å². The van der Waals surface area contributed by atoms with E-state index in [9.17, 15) is 4.79 Å². The molecule has 2 nitrogen and oxygen atoms in total. The molecule has 0 saturated heterocycles. The maximum Gasteiger partial charge on any atom is 0.237 e. The predicted molar refractivity (Wildman–Crippen MR) is 98.6 cm³/mol. The van der Waals surface area contributed by atoms with Crippen molar-refractivity contribution in [3.63, 3.8) is 0 Å². The molecule has 0 aliphatic carbocycles. The summed E-state index contributed by atoms with van der Waals surface area (Å²) in [6.45, 7) is 6.19. The Morgan fingerprint density at radius 2 is 1.82 bits per heavy atom. The van der Waals surface area contributed by atoms with Gasteiger partial charge in [0, 0.05) is 15.1 Å². The summed E-state index contributed by atoms with van der Waals surface area (Å²) < 4.78 is 1.02. The largest absolute Gasteiger partial charge is 0.325 e. The molecule has 0 radical (unpaired) electrons. The lowest BCUT2D eigenvalue weighted by molar-refractivity contribution is -0.115. The van der Waals surface area contributed by atoms with E-state index in [4.69, 9.17) is 0 Å². The Morgan fingerprint density at radius 1 is 1.09 bits per heavy atom. The number of thioether (sulfide) groups is 1. The second kappa shape index (κ2) is 7.84. The first kappa shape index (κ1) is 17.1. The minimum absolute atomic E-state index is 0.0260. The van der Waals surface area contributed by atoms with Gasteiger partial charge in [-0.15, -0.1) is 11.8 Å². The molecule has 1 atom stereocenters. The quantitative estimate of drug-likeness (QED) is 0.677. The van der Waals surface area contributed by atoms with Gasteiger partial charge in [0.2, 0.25) is 5.91 Å². The molecule has 0 aliphatic rings. The normalized spacial score (nSPS) is 12.2. The van der Waals surface area contributed by atoms with Crippen LogP contribution in [0.3, 0.4) is 0 Å². The van der Waals surface area contributed by atoms with Gasteiger partial charge >= 0.3 is 0 Å². The molecule has 116 valence electrons. The zero-order valence-electron chi connectivity index (χ0n) is 13.0. The minimum atomic E-state index is -0.158. The van der Waals surface area contributed by atoms with E-state index in [2.05, 4.69) is 41.2 Å². The summed E-state index contributed by atoms with van der Waals surface area (Å²) in [5, 5.41) is 2.90. The van der Waals surface area contributed by atoms with Crippen LogP contribution in [0, 0.1) is 0 Å². The molecule has 2 rings (SSSR count). The van der Waals surface area contributed by atoms with Crippen molar-refractivity contribution in [3.8, 4) is 0 Å². The van der Waals surface area contributed by atoms with Crippen molar-refractivity contribution in [3.05, 3.63) is 58.6 Å². The highest BCUT2D eigenvalue weighted by Crippen LogP contribution is 2.28. The number of halogens is 1. The molecule has 0 bridgehead atoms. The van der Waals surface area contributed by atoms with Crippen LogP contribution < -0.4 is 5.32 Å². The van der Waals surface area contributed by atoms with E-state index < -0.39 is 0 Å². The Bertz CT molecular complexity index is 657. The number of hydrogen-bond acceptors (Lipinski definition) is 2. The van der Waals surface area contributed by atoms with Crippen LogP contribution in [0.5, 0.6) is 0 Å². The highest BCUT2D eigenvalue weighted by atomic mass is 79.9. The zero-order valence-corrected chi connectivity index (χ0v) is 15.4. The molecule has 2 aromatic rings. The Hall–Kier alpha value is -1.26. The molecule has 0 saturated carbocycles. The van der Waals surface area contributed by atoms with Gasteiger partial charge in [-0.05, 0) is 42.7 Å². The molecule has 1 N–H and O–H groups in total. The molecule has 1 amide bonds. The average molecular weight is 378 g/mol. The summed E-state index contributed by atoms with van der Waals surface area (Å²) in [6.07, 6.45) is 0.